The molecule has 0 aliphatic heterocycles. The third-order valence-corrected chi connectivity index (χ3v) is 5.56. The molecule has 0 atom stereocenters. The van der Waals surface area contributed by atoms with Gasteiger partial charge in [-0.05, 0) is 42.5 Å². The summed E-state index contributed by atoms with van der Waals surface area (Å²) in [6.45, 7) is 0.262. The van der Waals surface area contributed by atoms with Gasteiger partial charge in [0.05, 0.1) is 17.7 Å². The van der Waals surface area contributed by atoms with Gasteiger partial charge in [-0.1, -0.05) is 30.3 Å². The number of methoxy groups -OCH3 is 1. The van der Waals surface area contributed by atoms with Gasteiger partial charge in [0, 0.05) is 17.7 Å². The molecule has 0 aliphatic carbocycles. The van der Waals surface area contributed by atoms with E-state index in [1.54, 1.807) is 13.2 Å². The Morgan fingerprint density at radius 2 is 1.62 bits per heavy atom. The third-order valence-electron chi connectivity index (χ3n) is 4.18. The Kier molecular flexibility index (Phi) is 6.13. The largest absolute Gasteiger partial charge is 0.496 e. The van der Waals surface area contributed by atoms with E-state index >= 15 is 0 Å². The zero-order chi connectivity index (χ0) is 20.9. The summed E-state index contributed by atoms with van der Waals surface area (Å²) < 4.78 is 46.0. The van der Waals surface area contributed by atoms with E-state index in [0.29, 0.717) is 11.3 Å². The Labute approximate surface area is 168 Å². The molecule has 6 nitrogen and oxygen atoms in total. The van der Waals surface area contributed by atoms with Gasteiger partial charge in [-0.2, -0.15) is 0 Å². The van der Waals surface area contributed by atoms with E-state index in [1.165, 1.54) is 42.5 Å². The molecular formula is C21H19FN2O4S. The molecule has 0 saturated carbocycles. The number of hydrogen-bond acceptors (Lipinski definition) is 4. The highest BCUT2D eigenvalue weighted by Crippen LogP contribution is 2.20. The van der Waals surface area contributed by atoms with E-state index in [4.69, 9.17) is 4.74 Å². The van der Waals surface area contributed by atoms with Gasteiger partial charge in [0.2, 0.25) is 0 Å². The van der Waals surface area contributed by atoms with E-state index in [0.717, 1.165) is 11.6 Å². The van der Waals surface area contributed by atoms with E-state index in [-0.39, 0.29) is 23.0 Å². The van der Waals surface area contributed by atoms with Gasteiger partial charge < -0.3 is 10.1 Å². The van der Waals surface area contributed by atoms with Gasteiger partial charge in [-0.3, -0.25) is 9.52 Å². The number of halogens is 1. The first-order chi connectivity index (χ1) is 13.9. The number of hydrogen-bond donors (Lipinski definition) is 2. The summed E-state index contributed by atoms with van der Waals surface area (Å²) in [5.74, 6) is -0.376. The highest BCUT2D eigenvalue weighted by atomic mass is 32.2. The average molecular weight is 414 g/mol. The van der Waals surface area contributed by atoms with Crippen LogP contribution in [0.2, 0.25) is 0 Å². The molecule has 0 saturated heterocycles. The number of rotatable bonds is 7. The number of amides is 1. The molecule has 2 N–H and O–H groups in total. The molecular weight excluding hydrogens is 395 g/mol. The fraction of sp³-hybridized carbons (Fsp3) is 0.0952. The average Bonchev–Trinajstić information content (AvgIpc) is 2.74. The second-order valence-electron chi connectivity index (χ2n) is 6.10. The van der Waals surface area contributed by atoms with Crippen LogP contribution in [0.1, 0.15) is 15.9 Å². The molecule has 1 amide bonds. The smallest absolute Gasteiger partial charge is 0.261 e. The molecule has 0 fully saturated rings. The van der Waals surface area contributed by atoms with Crippen molar-refractivity contribution in [2.45, 2.75) is 11.4 Å². The van der Waals surface area contributed by atoms with Crippen LogP contribution in [0.4, 0.5) is 10.1 Å². The maximum absolute atomic E-state index is 13.7. The number of ether oxygens (including phenoxy) is 1. The molecule has 0 bridgehead atoms. The number of sulfonamides is 1. The molecule has 8 heteroatoms. The van der Waals surface area contributed by atoms with Crippen LogP contribution in [-0.4, -0.2) is 21.4 Å². The van der Waals surface area contributed by atoms with Crippen molar-refractivity contribution < 1.29 is 22.3 Å². The maximum atomic E-state index is 13.7. The molecule has 3 aromatic rings. The van der Waals surface area contributed by atoms with Crippen molar-refractivity contribution in [1.82, 2.24) is 5.32 Å². The van der Waals surface area contributed by atoms with Crippen LogP contribution in [0.3, 0.4) is 0 Å². The minimum Gasteiger partial charge on any atom is -0.496 e. The van der Waals surface area contributed by atoms with Crippen LogP contribution in [0.5, 0.6) is 5.75 Å². The van der Waals surface area contributed by atoms with Crippen LogP contribution >= 0.6 is 0 Å². The van der Waals surface area contributed by atoms with Gasteiger partial charge in [-0.15, -0.1) is 0 Å². The number of benzene rings is 3. The van der Waals surface area contributed by atoms with E-state index in [2.05, 4.69) is 10.0 Å². The molecule has 3 rings (SSSR count). The van der Waals surface area contributed by atoms with E-state index in [1.807, 2.05) is 18.2 Å². The van der Waals surface area contributed by atoms with Crippen LogP contribution in [0.25, 0.3) is 0 Å². The Morgan fingerprint density at radius 1 is 0.966 bits per heavy atom. The van der Waals surface area contributed by atoms with Crippen molar-refractivity contribution >= 4 is 21.6 Å². The SMILES string of the molecule is COc1ccccc1CNC(=O)c1ccc(S(=O)(=O)Nc2ccccc2F)cc1. The topological polar surface area (TPSA) is 84.5 Å². The van der Waals surface area contributed by atoms with Gasteiger partial charge in [0.15, 0.2) is 0 Å². The lowest BCUT2D eigenvalue weighted by molar-refractivity contribution is 0.0950. The summed E-state index contributed by atoms with van der Waals surface area (Å²) in [6.07, 6.45) is 0. The normalized spacial score (nSPS) is 11.0. The molecule has 0 aromatic heterocycles. The number of para-hydroxylation sites is 2. The standard InChI is InChI=1S/C21H19FN2O4S/c1-28-20-9-5-2-6-16(20)14-23-21(25)15-10-12-17(13-11-15)29(26,27)24-19-8-4-3-7-18(19)22/h2-13,24H,14H2,1H3,(H,23,25). The summed E-state index contributed by atoms with van der Waals surface area (Å²) in [5, 5.41) is 2.76. The summed E-state index contributed by atoms with van der Waals surface area (Å²) in [6, 6.07) is 18.2. The number of nitrogens with one attached hydrogen (secondary N) is 2. The molecule has 150 valence electrons. The van der Waals surface area contributed by atoms with Crippen LogP contribution in [0.15, 0.2) is 77.7 Å². The van der Waals surface area contributed by atoms with Gasteiger partial charge >= 0.3 is 0 Å². The zero-order valence-electron chi connectivity index (χ0n) is 15.6. The Balaban J connectivity index is 1.69. The van der Waals surface area contributed by atoms with E-state index in [9.17, 15) is 17.6 Å². The monoisotopic (exact) mass is 414 g/mol. The number of carbonyl (C=O) groups excluding carboxylic acids is 1. The molecule has 0 aliphatic rings. The first kappa shape index (κ1) is 20.3. The lowest BCUT2D eigenvalue weighted by Crippen LogP contribution is -2.23. The summed E-state index contributed by atoms with van der Waals surface area (Å²) in [7, 11) is -2.43. The second kappa shape index (κ2) is 8.74. The molecule has 3 aromatic carbocycles. The van der Waals surface area contributed by atoms with Crippen molar-refractivity contribution in [3.63, 3.8) is 0 Å². The van der Waals surface area contributed by atoms with Crippen LogP contribution in [-0.2, 0) is 16.6 Å². The lowest BCUT2D eigenvalue weighted by atomic mass is 10.2. The lowest BCUT2D eigenvalue weighted by Gasteiger charge is -2.11. The highest BCUT2D eigenvalue weighted by Gasteiger charge is 2.17. The van der Waals surface area contributed by atoms with E-state index < -0.39 is 15.8 Å². The summed E-state index contributed by atoms with van der Waals surface area (Å²) in [4.78, 5) is 12.3. The molecule has 0 heterocycles. The van der Waals surface area contributed by atoms with Gasteiger partial charge in [0.25, 0.3) is 15.9 Å². The molecule has 0 unspecified atom stereocenters. The van der Waals surface area contributed by atoms with Crippen molar-refractivity contribution in [2.24, 2.45) is 0 Å². The molecule has 29 heavy (non-hydrogen) atoms. The quantitative estimate of drug-likeness (QED) is 0.619. The molecule has 0 spiro atoms. The third kappa shape index (κ3) is 4.91. The summed E-state index contributed by atoms with van der Waals surface area (Å²) in [5.41, 5.74) is 0.965. The minimum absolute atomic E-state index is 0.0815. The second-order valence-corrected chi connectivity index (χ2v) is 7.79. The summed E-state index contributed by atoms with van der Waals surface area (Å²) >= 11 is 0. The first-order valence-corrected chi connectivity index (χ1v) is 10.2. The number of anilines is 1. The Bertz CT molecular complexity index is 1120. The van der Waals surface area contributed by atoms with Crippen molar-refractivity contribution in [1.29, 1.82) is 0 Å². The predicted molar refractivity (Wildman–Crippen MR) is 108 cm³/mol. The predicted octanol–water partition coefficient (Wildman–Crippen LogP) is 3.57. The van der Waals surface area contributed by atoms with Crippen LogP contribution in [0, 0.1) is 5.82 Å². The van der Waals surface area contributed by atoms with Gasteiger partial charge in [0.1, 0.15) is 11.6 Å². The van der Waals surface area contributed by atoms with Crippen molar-refractivity contribution in [3.05, 3.63) is 89.7 Å². The van der Waals surface area contributed by atoms with Crippen molar-refractivity contribution in [2.75, 3.05) is 11.8 Å². The highest BCUT2D eigenvalue weighted by molar-refractivity contribution is 7.92. The first-order valence-electron chi connectivity index (χ1n) is 8.68. The molecule has 0 radical (unpaired) electrons. The maximum Gasteiger partial charge on any atom is 0.261 e. The van der Waals surface area contributed by atoms with Crippen molar-refractivity contribution in [3.8, 4) is 5.75 Å². The zero-order valence-corrected chi connectivity index (χ0v) is 16.4. The number of carbonyl (C=O) groups is 1. The fourth-order valence-corrected chi connectivity index (χ4v) is 3.73. The minimum atomic E-state index is -3.98. The van der Waals surface area contributed by atoms with Crippen LogP contribution < -0.4 is 14.8 Å². The fourth-order valence-electron chi connectivity index (χ4n) is 2.66. The Hall–Kier alpha value is -3.39. The van der Waals surface area contributed by atoms with Gasteiger partial charge in [-0.25, -0.2) is 12.8 Å². The Morgan fingerprint density at radius 3 is 2.31 bits per heavy atom.